The summed E-state index contributed by atoms with van der Waals surface area (Å²) < 4.78 is 5.17. The van der Waals surface area contributed by atoms with Crippen LogP contribution in [0.4, 0.5) is 11.4 Å². The average molecular weight is 341 g/mol. The first-order valence-electron chi connectivity index (χ1n) is 8.52. The van der Waals surface area contributed by atoms with E-state index in [-0.39, 0.29) is 5.91 Å². The van der Waals surface area contributed by atoms with Crippen LogP contribution in [0.1, 0.15) is 36.7 Å². The van der Waals surface area contributed by atoms with E-state index in [1.165, 1.54) is 5.56 Å². The molecule has 0 bridgehead atoms. The molecule has 0 atom stereocenters. The Labute approximate surface area is 149 Å². The summed E-state index contributed by atoms with van der Waals surface area (Å²) in [6.45, 7) is 8.39. The molecule has 0 aliphatic carbocycles. The molecular formula is C20H27N3O2. The summed E-state index contributed by atoms with van der Waals surface area (Å²) in [7, 11) is 1.58. The van der Waals surface area contributed by atoms with E-state index >= 15 is 0 Å². The number of carbonyl (C=O) groups is 1. The Kier molecular flexibility index (Phi) is 6.42. The summed E-state index contributed by atoms with van der Waals surface area (Å²) in [5, 5.41) is 2.84. The molecule has 5 heteroatoms. The molecule has 0 radical (unpaired) electrons. The maximum Gasteiger partial charge on any atom is 0.255 e. The molecule has 134 valence electrons. The van der Waals surface area contributed by atoms with E-state index in [0.29, 0.717) is 28.7 Å². The molecule has 25 heavy (non-hydrogen) atoms. The van der Waals surface area contributed by atoms with Crippen molar-refractivity contribution in [2.45, 2.75) is 33.4 Å². The third kappa shape index (κ3) is 4.97. The van der Waals surface area contributed by atoms with Gasteiger partial charge in [0.2, 0.25) is 0 Å². The maximum absolute atomic E-state index is 12.4. The standard InChI is InChI=1S/C20H27N3O2/c1-5-23(14(2)3)13-15-6-8-16(9-7-15)20(24)22-19-12-17(25-4)10-11-18(19)21/h6-12,14H,5,13,21H2,1-4H3,(H,22,24). The Morgan fingerprint density at radius 2 is 1.88 bits per heavy atom. The number of nitrogen functional groups attached to an aromatic ring is 1. The summed E-state index contributed by atoms with van der Waals surface area (Å²) in [5.41, 5.74) is 8.75. The van der Waals surface area contributed by atoms with Gasteiger partial charge < -0.3 is 15.8 Å². The second-order valence-electron chi connectivity index (χ2n) is 6.26. The van der Waals surface area contributed by atoms with E-state index < -0.39 is 0 Å². The molecule has 0 spiro atoms. The van der Waals surface area contributed by atoms with Gasteiger partial charge in [-0.25, -0.2) is 0 Å². The van der Waals surface area contributed by atoms with Crippen LogP contribution in [0.15, 0.2) is 42.5 Å². The van der Waals surface area contributed by atoms with Gasteiger partial charge in [-0.15, -0.1) is 0 Å². The third-order valence-electron chi connectivity index (χ3n) is 4.25. The molecule has 0 aliphatic rings. The van der Waals surface area contributed by atoms with Crippen molar-refractivity contribution < 1.29 is 9.53 Å². The Morgan fingerprint density at radius 3 is 2.44 bits per heavy atom. The van der Waals surface area contributed by atoms with Crippen molar-refractivity contribution in [2.75, 3.05) is 24.7 Å². The first-order valence-corrected chi connectivity index (χ1v) is 8.52. The van der Waals surface area contributed by atoms with Crippen molar-refractivity contribution in [2.24, 2.45) is 0 Å². The van der Waals surface area contributed by atoms with Crippen LogP contribution >= 0.6 is 0 Å². The fourth-order valence-corrected chi connectivity index (χ4v) is 2.62. The number of amides is 1. The third-order valence-corrected chi connectivity index (χ3v) is 4.25. The number of nitrogens with one attached hydrogen (secondary N) is 1. The summed E-state index contributed by atoms with van der Waals surface area (Å²) in [5.74, 6) is 0.455. The van der Waals surface area contributed by atoms with E-state index in [1.54, 1.807) is 25.3 Å². The van der Waals surface area contributed by atoms with Crippen LogP contribution < -0.4 is 15.8 Å². The number of ether oxygens (including phenoxy) is 1. The maximum atomic E-state index is 12.4. The van der Waals surface area contributed by atoms with Gasteiger partial charge in [0, 0.05) is 24.2 Å². The van der Waals surface area contributed by atoms with E-state index in [4.69, 9.17) is 10.5 Å². The molecule has 0 aliphatic heterocycles. The first-order chi connectivity index (χ1) is 11.9. The molecule has 3 N–H and O–H groups in total. The Morgan fingerprint density at radius 1 is 1.20 bits per heavy atom. The number of hydrogen-bond acceptors (Lipinski definition) is 4. The number of anilines is 2. The number of benzene rings is 2. The molecule has 0 saturated carbocycles. The zero-order chi connectivity index (χ0) is 18.4. The highest BCUT2D eigenvalue weighted by Gasteiger charge is 2.11. The van der Waals surface area contributed by atoms with Crippen molar-refractivity contribution in [1.82, 2.24) is 4.90 Å². The van der Waals surface area contributed by atoms with Crippen LogP contribution in [0.3, 0.4) is 0 Å². The normalized spacial score (nSPS) is 11.0. The number of carbonyl (C=O) groups excluding carboxylic acids is 1. The topological polar surface area (TPSA) is 67.6 Å². The summed E-state index contributed by atoms with van der Waals surface area (Å²) >= 11 is 0. The van der Waals surface area contributed by atoms with Crippen LogP contribution in [0, 0.1) is 0 Å². The van der Waals surface area contributed by atoms with Crippen LogP contribution in [0.2, 0.25) is 0 Å². The fraction of sp³-hybridized carbons (Fsp3) is 0.350. The van der Waals surface area contributed by atoms with E-state index in [2.05, 4.69) is 31.0 Å². The van der Waals surface area contributed by atoms with Crippen molar-refractivity contribution >= 4 is 17.3 Å². The summed E-state index contributed by atoms with van der Waals surface area (Å²) in [4.78, 5) is 14.8. The number of nitrogens with zero attached hydrogens (tertiary/aromatic N) is 1. The van der Waals surface area contributed by atoms with Crippen molar-refractivity contribution in [3.63, 3.8) is 0 Å². The lowest BCUT2D eigenvalue weighted by Gasteiger charge is -2.24. The van der Waals surface area contributed by atoms with Gasteiger partial charge in [-0.3, -0.25) is 9.69 Å². The van der Waals surface area contributed by atoms with E-state index in [1.807, 2.05) is 24.3 Å². The van der Waals surface area contributed by atoms with Gasteiger partial charge in [0.15, 0.2) is 0 Å². The van der Waals surface area contributed by atoms with Gasteiger partial charge in [0.05, 0.1) is 18.5 Å². The second-order valence-corrected chi connectivity index (χ2v) is 6.26. The van der Waals surface area contributed by atoms with E-state index in [0.717, 1.165) is 13.1 Å². The van der Waals surface area contributed by atoms with Crippen molar-refractivity contribution in [1.29, 1.82) is 0 Å². The van der Waals surface area contributed by atoms with Gasteiger partial charge in [-0.05, 0) is 50.2 Å². The van der Waals surface area contributed by atoms with Gasteiger partial charge in [0.1, 0.15) is 5.75 Å². The molecule has 0 unspecified atom stereocenters. The molecule has 5 nitrogen and oxygen atoms in total. The summed E-state index contributed by atoms with van der Waals surface area (Å²) in [6.07, 6.45) is 0. The molecule has 0 fully saturated rings. The largest absolute Gasteiger partial charge is 0.497 e. The lowest BCUT2D eigenvalue weighted by atomic mass is 10.1. The highest BCUT2D eigenvalue weighted by Crippen LogP contribution is 2.25. The predicted molar refractivity (Wildman–Crippen MR) is 103 cm³/mol. The minimum Gasteiger partial charge on any atom is -0.497 e. The minimum atomic E-state index is -0.192. The highest BCUT2D eigenvalue weighted by atomic mass is 16.5. The Hall–Kier alpha value is -2.53. The minimum absolute atomic E-state index is 0.192. The highest BCUT2D eigenvalue weighted by molar-refractivity contribution is 6.05. The summed E-state index contributed by atoms with van der Waals surface area (Å²) in [6, 6.07) is 13.3. The zero-order valence-electron chi connectivity index (χ0n) is 15.4. The Bertz CT molecular complexity index is 711. The first kappa shape index (κ1) is 18.8. The van der Waals surface area contributed by atoms with E-state index in [9.17, 15) is 4.79 Å². The van der Waals surface area contributed by atoms with Crippen LogP contribution in [0.5, 0.6) is 5.75 Å². The number of methoxy groups -OCH3 is 1. The molecule has 0 saturated heterocycles. The Balaban J connectivity index is 2.08. The van der Waals surface area contributed by atoms with Gasteiger partial charge in [-0.2, -0.15) is 0 Å². The van der Waals surface area contributed by atoms with Crippen LogP contribution in [-0.2, 0) is 6.54 Å². The number of hydrogen-bond donors (Lipinski definition) is 2. The van der Waals surface area contributed by atoms with Crippen LogP contribution in [-0.4, -0.2) is 30.5 Å². The van der Waals surface area contributed by atoms with Crippen LogP contribution in [0.25, 0.3) is 0 Å². The van der Waals surface area contributed by atoms with Gasteiger partial charge in [0.25, 0.3) is 5.91 Å². The molecule has 1 amide bonds. The zero-order valence-corrected chi connectivity index (χ0v) is 15.4. The lowest BCUT2D eigenvalue weighted by molar-refractivity contribution is 0.102. The SMILES string of the molecule is CCN(Cc1ccc(C(=O)Nc2cc(OC)ccc2N)cc1)C(C)C. The smallest absolute Gasteiger partial charge is 0.255 e. The monoisotopic (exact) mass is 341 g/mol. The van der Waals surface area contributed by atoms with Crippen molar-refractivity contribution in [3.8, 4) is 5.75 Å². The average Bonchev–Trinajstić information content (AvgIpc) is 2.61. The molecule has 0 heterocycles. The quantitative estimate of drug-likeness (QED) is 0.753. The molecule has 2 rings (SSSR count). The number of nitrogens with two attached hydrogens (primary N) is 1. The molecular weight excluding hydrogens is 314 g/mol. The van der Waals surface area contributed by atoms with Gasteiger partial charge in [-0.1, -0.05) is 19.1 Å². The lowest BCUT2D eigenvalue weighted by Crippen LogP contribution is -2.29. The molecule has 2 aromatic rings. The van der Waals surface area contributed by atoms with Crippen molar-refractivity contribution in [3.05, 3.63) is 53.6 Å². The molecule has 2 aromatic carbocycles. The molecule has 0 aromatic heterocycles. The van der Waals surface area contributed by atoms with Gasteiger partial charge >= 0.3 is 0 Å². The predicted octanol–water partition coefficient (Wildman–Crippen LogP) is 3.76. The fourth-order valence-electron chi connectivity index (χ4n) is 2.62. The number of rotatable bonds is 7. The second kappa shape index (κ2) is 8.53.